The van der Waals surface area contributed by atoms with Crippen LogP contribution in [0.1, 0.15) is 46.7 Å². The summed E-state index contributed by atoms with van der Waals surface area (Å²) in [6, 6.07) is 16.8. The third-order valence-corrected chi connectivity index (χ3v) is 7.35. The minimum Gasteiger partial charge on any atom is -0.350 e. The molecule has 1 saturated carbocycles. The van der Waals surface area contributed by atoms with Crippen LogP contribution in [0.3, 0.4) is 0 Å². The number of fused-ring (bicyclic) bond motifs is 2. The number of hydrogen-bond donors (Lipinski definition) is 3. The van der Waals surface area contributed by atoms with Gasteiger partial charge in [-0.25, -0.2) is 4.99 Å². The summed E-state index contributed by atoms with van der Waals surface area (Å²) in [5, 5.41) is 6.87. The van der Waals surface area contributed by atoms with Gasteiger partial charge < -0.3 is 16.4 Å². The molecule has 2 aliphatic heterocycles. The zero-order valence-corrected chi connectivity index (χ0v) is 17.7. The second-order valence-electron chi connectivity index (χ2n) is 9.47. The monoisotopic (exact) mass is 411 g/mol. The molecule has 2 aromatic rings. The van der Waals surface area contributed by atoms with Crippen LogP contribution in [0.4, 0.5) is 0 Å². The lowest BCUT2D eigenvalue weighted by Gasteiger charge is -2.30. The fourth-order valence-corrected chi connectivity index (χ4v) is 5.34. The van der Waals surface area contributed by atoms with Gasteiger partial charge in [-0.2, -0.15) is 0 Å². The van der Waals surface area contributed by atoms with Crippen molar-refractivity contribution in [3.8, 4) is 0 Å². The minimum atomic E-state index is -0.0417. The summed E-state index contributed by atoms with van der Waals surface area (Å²) in [6.07, 6.45) is 10.5. The Morgan fingerprint density at radius 1 is 1.10 bits per heavy atom. The Kier molecular flexibility index (Phi) is 4.55. The molecule has 2 heterocycles. The van der Waals surface area contributed by atoms with Gasteiger partial charge in [0.1, 0.15) is 12.2 Å². The number of aliphatic imine (C=N–C) groups is 2. The standard InChI is InChI=1S/C26H29N5/c27-15-26(12-19-5-4-17(10-20(19)13-26)14-29-22-6-7-22)21-3-1-2-18(11-21)24-23-8-9-28-25(23)31-16-30-24/h1-5,8-11,16,22-24,29H,6-7,12-15,27H2,(H,28,30,31). The molecule has 2 aliphatic carbocycles. The first-order valence-electron chi connectivity index (χ1n) is 11.4. The Morgan fingerprint density at radius 3 is 2.87 bits per heavy atom. The maximum atomic E-state index is 6.46. The second kappa shape index (κ2) is 7.43. The van der Waals surface area contributed by atoms with Crippen LogP contribution in [-0.4, -0.2) is 24.8 Å². The normalized spacial score (nSPS) is 28.2. The molecule has 31 heavy (non-hydrogen) atoms. The summed E-state index contributed by atoms with van der Waals surface area (Å²) in [5.74, 6) is 1.18. The molecule has 5 heteroatoms. The van der Waals surface area contributed by atoms with Crippen molar-refractivity contribution in [2.45, 2.75) is 49.7 Å². The van der Waals surface area contributed by atoms with Crippen LogP contribution in [0.15, 0.2) is 64.7 Å². The van der Waals surface area contributed by atoms with E-state index in [0.29, 0.717) is 6.54 Å². The number of amidine groups is 1. The number of hydrogen-bond acceptors (Lipinski definition) is 5. The molecule has 1 fully saturated rings. The quantitative estimate of drug-likeness (QED) is 0.684. The van der Waals surface area contributed by atoms with Gasteiger partial charge in [0.15, 0.2) is 0 Å². The SMILES string of the molecule is NCC1(c2cccc(C3N=CN=C4NC=CC43)c2)Cc2ccc(CNC3CC3)cc2C1. The molecule has 3 atom stereocenters. The van der Waals surface area contributed by atoms with E-state index in [1.54, 1.807) is 6.34 Å². The van der Waals surface area contributed by atoms with Crippen LogP contribution in [0, 0.1) is 5.92 Å². The molecule has 0 saturated heterocycles. The molecule has 4 N–H and O–H groups in total. The van der Waals surface area contributed by atoms with Crippen molar-refractivity contribution in [2.24, 2.45) is 21.6 Å². The van der Waals surface area contributed by atoms with Crippen LogP contribution in [-0.2, 0) is 24.8 Å². The van der Waals surface area contributed by atoms with Gasteiger partial charge in [-0.15, -0.1) is 0 Å². The van der Waals surface area contributed by atoms with Crippen LogP contribution in [0.5, 0.6) is 0 Å². The molecule has 0 amide bonds. The maximum Gasteiger partial charge on any atom is 0.117 e. The molecule has 0 bridgehead atoms. The first kappa shape index (κ1) is 19.0. The highest BCUT2D eigenvalue weighted by Gasteiger charge is 2.39. The molecule has 158 valence electrons. The van der Waals surface area contributed by atoms with Crippen LogP contribution >= 0.6 is 0 Å². The van der Waals surface area contributed by atoms with Crippen LogP contribution in [0.2, 0.25) is 0 Å². The fourth-order valence-electron chi connectivity index (χ4n) is 5.34. The minimum absolute atomic E-state index is 0.0417. The molecule has 0 radical (unpaired) electrons. The van der Waals surface area contributed by atoms with E-state index >= 15 is 0 Å². The average Bonchev–Trinajstić information content (AvgIpc) is 3.37. The molecule has 0 spiro atoms. The summed E-state index contributed by atoms with van der Waals surface area (Å²) in [4.78, 5) is 9.10. The number of rotatable bonds is 6. The Bertz CT molecular complexity index is 1100. The first-order valence-corrected chi connectivity index (χ1v) is 11.4. The van der Waals surface area contributed by atoms with Crippen molar-refractivity contribution in [1.82, 2.24) is 10.6 Å². The van der Waals surface area contributed by atoms with E-state index in [1.165, 1.54) is 40.7 Å². The largest absolute Gasteiger partial charge is 0.350 e. The van der Waals surface area contributed by atoms with E-state index in [4.69, 9.17) is 10.7 Å². The predicted molar refractivity (Wildman–Crippen MR) is 125 cm³/mol. The van der Waals surface area contributed by atoms with Crippen molar-refractivity contribution < 1.29 is 0 Å². The lowest BCUT2D eigenvalue weighted by molar-refractivity contribution is 0.462. The van der Waals surface area contributed by atoms with Gasteiger partial charge in [-0.3, -0.25) is 4.99 Å². The third-order valence-electron chi connectivity index (χ3n) is 7.35. The molecule has 6 rings (SSSR count). The zero-order valence-electron chi connectivity index (χ0n) is 17.7. The van der Waals surface area contributed by atoms with E-state index in [0.717, 1.165) is 31.3 Å². The van der Waals surface area contributed by atoms with Gasteiger partial charge in [0, 0.05) is 24.5 Å². The summed E-state index contributed by atoms with van der Waals surface area (Å²) in [5.41, 5.74) is 13.3. The van der Waals surface area contributed by atoms with Crippen molar-refractivity contribution in [1.29, 1.82) is 0 Å². The van der Waals surface area contributed by atoms with E-state index in [1.807, 2.05) is 6.20 Å². The summed E-state index contributed by atoms with van der Waals surface area (Å²) in [6.45, 7) is 1.61. The lowest BCUT2D eigenvalue weighted by atomic mass is 9.76. The molecular formula is C26H29N5. The smallest absolute Gasteiger partial charge is 0.117 e. The summed E-state index contributed by atoms with van der Waals surface area (Å²) < 4.78 is 0. The van der Waals surface area contributed by atoms with Crippen molar-refractivity contribution in [3.63, 3.8) is 0 Å². The van der Waals surface area contributed by atoms with E-state index < -0.39 is 0 Å². The van der Waals surface area contributed by atoms with Gasteiger partial charge in [0.25, 0.3) is 0 Å². The summed E-state index contributed by atoms with van der Waals surface area (Å²) >= 11 is 0. The van der Waals surface area contributed by atoms with Gasteiger partial charge >= 0.3 is 0 Å². The van der Waals surface area contributed by atoms with Gasteiger partial charge in [0.2, 0.25) is 0 Å². The van der Waals surface area contributed by atoms with Gasteiger partial charge in [-0.05, 0) is 59.7 Å². The number of nitrogens with one attached hydrogen (secondary N) is 2. The first-order chi connectivity index (χ1) is 15.2. The second-order valence-corrected chi connectivity index (χ2v) is 9.47. The zero-order chi connectivity index (χ0) is 20.8. The predicted octanol–water partition coefficient (Wildman–Crippen LogP) is 3.15. The van der Waals surface area contributed by atoms with Gasteiger partial charge in [-0.1, -0.05) is 48.5 Å². The molecule has 4 aliphatic rings. The topological polar surface area (TPSA) is 74.8 Å². The Labute approximate surface area is 183 Å². The van der Waals surface area contributed by atoms with E-state index in [-0.39, 0.29) is 17.4 Å². The Balaban J connectivity index is 1.28. The number of nitrogens with two attached hydrogens (primary N) is 1. The Morgan fingerprint density at radius 2 is 2.00 bits per heavy atom. The molecule has 3 unspecified atom stereocenters. The van der Waals surface area contributed by atoms with E-state index in [2.05, 4.69) is 64.2 Å². The third kappa shape index (κ3) is 3.42. The summed E-state index contributed by atoms with van der Waals surface area (Å²) in [7, 11) is 0. The Hall–Kier alpha value is -2.76. The highest BCUT2D eigenvalue weighted by Crippen LogP contribution is 2.41. The molecule has 5 nitrogen and oxygen atoms in total. The highest BCUT2D eigenvalue weighted by atomic mass is 15.1. The highest BCUT2D eigenvalue weighted by molar-refractivity contribution is 5.96. The average molecular weight is 412 g/mol. The van der Waals surface area contributed by atoms with Crippen molar-refractivity contribution >= 4 is 12.2 Å². The molecular weight excluding hydrogens is 382 g/mol. The molecule has 0 aromatic heterocycles. The van der Waals surface area contributed by atoms with E-state index in [9.17, 15) is 0 Å². The lowest BCUT2D eigenvalue weighted by Crippen LogP contribution is -2.36. The van der Waals surface area contributed by atoms with Gasteiger partial charge in [0.05, 0.1) is 12.0 Å². The van der Waals surface area contributed by atoms with Crippen molar-refractivity contribution in [3.05, 3.63) is 82.6 Å². The fraction of sp³-hybridized carbons (Fsp3) is 0.385. The van der Waals surface area contributed by atoms with Crippen LogP contribution < -0.4 is 16.4 Å². The molecule has 2 aromatic carbocycles. The number of nitrogens with zero attached hydrogens (tertiary/aromatic N) is 2. The number of benzene rings is 2. The van der Waals surface area contributed by atoms with Crippen LogP contribution in [0.25, 0.3) is 0 Å². The maximum absolute atomic E-state index is 6.46. The van der Waals surface area contributed by atoms with Crippen molar-refractivity contribution in [2.75, 3.05) is 6.54 Å².